The highest BCUT2D eigenvalue weighted by molar-refractivity contribution is 7.99. The first-order chi connectivity index (χ1) is 9.20. The SMILES string of the molecule is CCCNC(CSc1ccc([N+](=O)[O-])cc1)C1CC1. The van der Waals surface area contributed by atoms with Crippen molar-refractivity contribution in [2.75, 3.05) is 12.3 Å². The number of nitrogens with zero attached hydrogens (tertiary/aromatic N) is 1. The molecule has 0 saturated heterocycles. The van der Waals surface area contributed by atoms with E-state index in [0.29, 0.717) is 6.04 Å². The molecule has 0 spiro atoms. The molecule has 0 bridgehead atoms. The molecule has 1 unspecified atom stereocenters. The highest BCUT2D eigenvalue weighted by Gasteiger charge is 2.30. The lowest BCUT2D eigenvalue weighted by molar-refractivity contribution is -0.384. The molecule has 1 aliphatic carbocycles. The molecule has 1 aromatic rings. The van der Waals surface area contributed by atoms with Crippen LogP contribution in [0.2, 0.25) is 0 Å². The minimum Gasteiger partial charge on any atom is -0.313 e. The Balaban J connectivity index is 1.84. The molecule has 1 saturated carbocycles. The van der Waals surface area contributed by atoms with Crippen LogP contribution in [0.5, 0.6) is 0 Å². The van der Waals surface area contributed by atoms with Gasteiger partial charge in [0.05, 0.1) is 4.92 Å². The van der Waals surface area contributed by atoms with Crippen LogP contribution >= 0.6 is 11.8 Å². The molecule has 1 N–H and O–H groups in total. The zero-order valence-electron chi connectivity index (χ0n) is 11.2. The van der Waals surface area contributed by atoms with Crippen molar-refractivity contribution in [3.63, 3.8) is 0 Å². The lowest BCUT2D eigenvalue weighted by atomic mass is 10.2. The zero-order valence-corrected chi connectivity index (χ0v) is 12.0. The van der Waals surface area contributed by atoms with Crippen molar-refractivity contribution >= 4 is 17.4 Å². The summed E-state index contributed by atoms with van der Waals surface area (Å²) in [5.74, 6) is 1.87. The summed E-state index contributed by atoms with van der Waals surface area (Å²) in [7, 11) is 0. The number of hydrogen-bond donors (Lipinski definition) is 1. The number of nitrogens with one attached hydrogen (secondary N) is 1. The number of non-ortho nitro benzene ring substituents is 1. The number of hydrogen-bond acceptors (Lipinski definition) is 4. The molecule has 1 aliphatic rings. The summed E-state index contributed by atoms with van der Waals surface area (Å²) in [6.45, 7) is 3.25. The monoisotopic (exact) mass is 280 g/mol. The van der Waals surface area contributed by atoms with Gasteiger partial charge in [-0.2, -0.15) is 0 Å². The molecule has 4 nitrogen and oxygen atoms in total. The Bertz CT molecular complexity index is 418. The average Bonchev–Trinajstić information content (AvgIpc) is 3.24. The van der Waals surface area contributed by atoms with Gasteiger partial charge in [0.2, 0.25) is 0 Å². The van der Waals surface area contributed by atoms with Crippen molar-refractivity contribution in [1.29, 1.82) is 0 Å². The third kappa shape index (κ3) is 4.51. The second kappa shape index (κ2) is 6.91. The molecule has 1 aromatic carbocycles. The second-order valence-corrected chi connectivity index (χ2v) is 6.05. The number of rotatable bonds is 8. The first-order valence-electron chi connectivity index (χ1n) is 6.81. The third-order valence-electron chi connectivity index (χ3n) is 3.32. The first kappa shape index (κ1) is 14.3. The number of nitro benzene ring substituents is 1. The minimum atomic E-state index is -0.357. The van der Waals surface area contributed by atoms with E-state index < -0.39 is 0 Å². The number of thioether (sulfide) groups is 1. The minimum absolute atomic E-state index is 0.159. The standard InChI is InChI=1S/C14H20N2O2S/c1-2-9-15-14(11-3-4-11)10-19-13-7-5-12(6-8-13)16(17)18/h5-8,11,14-15H,2-4,9-10H2,1H3. The van der Waals surface area contributed by atoms with Crippen LogP contribution in [-0.2, 0) is 0 Å². The van der Waals surface area contributed by atoms with Gasteiger partial charge in [0.25, 0.3) is 5.69 Å². The van der Waals surface area contributed by atoms with Crippen molar-refractivity contribution in [1.82, 2.24) is 5.32 Å². The summed E-state index contributed by atoms with van der Waals surface area (Å²) < 4.78 is 0. The molecule has 5 heteroatoms. The van der Waals surface area contributed by atoms with Gasteiger partial charge >= 0.3 is 0 Å². The van der Waals surface area contributed by atoms with Crippen LogP contribution < -0.4 is 5.32 Å². The van der Waals surface area contributed by atoms with Crippen LogP contribution in [0.25, 0.3) is 0 Å². The Kier molecular flexibility index (Phi) is 5.22. The fourth-order valence-electron chi connectivity index (χ4n) is 2.04. The summed E-state index contributed by atoms with van der Waals surface area (Å²) in [5.41, 5.74) is 0.159. The van der Waals surface area contributed by atoms with E-state index in [9.17, 15) is 10.1 Å². The van der Waals surface area contributed by atoms with Crippen LogP contribution in [0.15, 0.2) is 29.2 Å². The fraction of sp³-hybridized carbons (Fsp3) is 0.571. The van der Waals surface area contributed by atoms with Crippen molar-refractivity contribution in [3.05, 3.63) is 34.4 Å². The van der Waals surface area contributed by atoms with Gasteiger partial charge < -0.3 is 5.32 Å². The van der Waals surface area contributed by atoms with E-state index in [4.69, 9.17) is 0 Å². The Labute approximate surface area is 118 Å². The van der Waals surface area contributed by atoms with E-state index in [1.54, 1.807) is 23.9 Å². The molecule has 0 radical (unpaired) electrons. The van der Waals surface area contributed by atoms with Gasteiger partial charge in [-0.3, -0.25) is 10.1 Å². The first-order valence-corrected chi connectivity index (χ1v) is 7.80. The van der Waals surface area contributed by atoms with E-state index in [-0.39, 0.29) is 10.6 Å². The Hall–Kier alpha value is -1.07. The van der Waals surface area contributed by atoms with Crippen LogP contribution in [0, 0.1) is 16.0 Å². The predicted molar refractivity (Wildman–Crippen MR) is 78.6 cm³/mol. The summed E-state index contributed by atoms with van der Waals surface area (Å²) in [5, 5.41) is 14.2. The van der Waals surface area contributed by atoms with Crippen LogP contribution in [0.4, 0.5) is 5.69 Å². The summed E-state index contributed by atoms with van der Waals surface area (Å²) in [6, 6.07) is 7.42. The quantitative estimate of drug-likeness (QED) is 0.450. The van der Waals surface area contributed by atoms with Gasteiger partial charge in [-0.1, -0.05) is 6.92 Å². The Morgan fingerprint density at radius 3 is 2.63 bits per heavy atom. The van der Waals surface area contributed by atoms with Crippen molar-refractivity contribution in [2.45, 2.75) is 37.1 Å². The van der Waals surface area contributed by atoms with Gasteiger partial charge in [-0.05, 0) is 43.9 Å². The molecular formula is C14H20N2O2S. The maximum Gasteiger partial charge on any atom is 0.269 e. The highest BCUT2D eigenvalue weighted by Crippen LogP contribution is 2.35. The molecule has 0 amide bonds. The maximum atomic E-state index is 10.6. The van der Waals surface area contributed by atoms with Gasteiger partial charge in [0.1, 0.15) is 0 Å². The molecule has 0 aliphatic heterocycles. The van der Waals surface area contributed by atoms with Gasteiger partial charge in [-0.25, -0.2) is 0 Å². The predicted octanol–water partition coefficient (Wildman–Crippen LogP) is 3.47. The molecule has 104 valence electrons. The molecule has 19 heavy (non-hydrogen) atoms. The number of benzene rings is 1. The largest absolute Gasteiger partial charge is 0.313 e. The molecule has 2 rings (SSSR count). The normalized spacial score (nSPS) is 16.3. The van der Waals surface area contributed by atoms with Gasteiger partial charge in [-0.15, -0.1) is 11.8 Å². The smallest absolute Gasteiger partial charge is 0.269 e. The Morgan fingerprint density at radius 1 is 1.42 bits per heavy atom. The molecule has 1 fully saturated rings. The van der Waals surface area contributed by atoms with Crippen molar-refractivity contribution < 1.29 is 4.92 Å². The molecule has 0 aromatic heterocycles. The molecule has 0 heterocycles. The van der Waals surface area contributed by atoms with Crippen molar-refractivity contribution in [3.8, 4) is 0 Å². The van der Waals surface area contributed by atoms with Crippen LogP contribution in [0.3, 0.4) is 0 Å². The third-order valence-corrected chi connectivity index (χ3v) is 4.46. The fourth-order valence-corrected chi connectivity index (χ4v) is 3.13. The average molecular weight is 280 g/mol. The molecular weight excluding hydrogens is 260 g/mol. The van der Waals surface area contributed by atoms with E-state index in [1.807, 2.05) is 12.1 Å². The highest BCUT2D eigenvalue weighted by atomic mass is 32.2. The van der Waals surface area contributed by atoms with Crippen LogP contribution in [0.1, 0.15) is 26.2 Å². The van der Waals surface area contributed by atoms with E-state index in [1.165, 1.54) is 12.8 Å². The maximum absolute atomic E-state index is 10.6. The Morgan fingerprint density at radius 2 is 2.11 bits per heavy atom. The second-order valence-electron chi connectivity index (χ2n) is 4.96. The van der Waals surface area contributed by atoms with Gasteiger partial charge in [0.15, 0.2) is 0 Å². The number of nitro groups is 1. The van der Waals surface area contributed by atoms with E-state index in [2.05, 4.69) is 12.2 Å². The van der Waals surface area contributed by atoms with E-state index in [0.717, 1.165) is 29.5 Å². The summed E-state index contributed by atoms with van der Waals surface area (Å²) in [6.07, 6.45) is 3.83. The summed E-state index contributed by atoms with van der Waals surface area (Å²) in [4.78, 5) is 11.3. The zero-order chi connectivity index (χ0) is 13.7. The van der Waals surface area contributed by atoms with Crippen molar-refractivity contribution in [2.24, 2.45) is 5.92 Å². The van der Waals surface area contributed by atoms with Crippen LogP contribution in [-0.4, -0.2) is 23.3 Å². The lowest BCUT2D eigenvalue weighted by Crippen LogP contribution is -2.33. The summed E-state index contributed by atoms with van der Waals surface area (Å²) >= 11 is 1.78. The lowest BCUT2D eigenvalue weighted by Gasteiger charge is -2.17. The van der Waals surface area contributed by atoms with E-state index >= 15 is 0 Å². The molecule has 1 atom stereocenters. The van der Waals surface area contributed by atoms with Gasteiger partial charge in [0, 0.05) is 28.8 Å². The topological polar surface area (TPSA) is 55.2 Å².